The van der Waals surface area contributed by atoms with Crippen LogP contribution in [0.5, 0.6) is 5.75 Å². The van der Waals surface area contributed by atoms with Gasteiger partial charge in [-0.15, -0.1) is 13.2 Å². The molecule has 4 aromatic rings. The van der Waals surface area contributed by atoms with Gasteiger partial charge in [0.1, 0.15) is 11.3 Å². The standard InChI is InChI=1S/C29H29F3N6O5/c1-42-36-27(41)24-17-38(21-6-8-22(9-7-21)43-29(30,31)32)26-23(25(24)40)16-33-28(35-26)34-20-4-2-18(3-5-20)19-10-12-37(13-11-19)14-15-39/h2-9,16-17,19,39H,10-15H2,1H3,(H,36,41)(H,33,34,35). The van der Waals surface area contributed by atoms with Crippen molar-refractivity contribution >= 4 is 28.6 Å². The van der Waals surface area contributed by atoms with Crippen LogP contribution in [0, 0.1) is 0 Å². The topological polar surface area (TPSA) is 131 Å². The van der Waals surface area contributed by atoms with Crippen molar-refractivity contribution in [3.63, 3.8) is 0 Å². The lowest BCUT2D eigenvalue weighted by molar-refractivity contribution is -0.274. The van der Waals surface area contributed by atoms with Crippen molar-refractivity contribution in [3.05, 3.63) is 82.3 Å². The molecule has 1 aliphatic heterocycles. The van der Waals surface area contributed by atoms with E-state index >= 15 is 0 Å². The zero-order valence-electron chi connectivity index (χ0n) is 23.1. The molecular formula is C29H29F3N6O5. The van der Waals surface area contributed by atoms with E-state index in [0.717, 1.165) is 38.1 Å². The lowest BCUT2D eigenvalue weighted by Crippen LogP contribution is -2.34. The number of benzene rings is 2. The fourth-order valence-electron chi connectivity index (χ4n) is 5.08. The SMILES string of the molecule is CONC(=O)c1cn(-c2ccc(OC(F)(F)F)cc2)c2nc(Nc3ccc(C4CCN(CCO)CC4)cc3)ncc2c1=O. The van der Waals surface area contributed by atoms with Crippen molar-refractivity contribution in [2.75, 3.05) is 38.7 Å². The molecule has 1 saturated heterocycles. The molecule has 1 fully saturated rings. The summed E-state index contributed by atoms with van der Waals surface area (Å²) >= 11 is 0. The van der Waals surface area contributed by atoms with Gasteiger partial charge in [-0.25, -0.2) is 10.5 Å². The maximum atomic E-state index is 13.2. The summed E-state index contributed by atoms with van der Waals surface area (Å²) in [6.07, 6.45) is -0.336. The first-order valence-electron chi connectivity index (χ1n) is 13.5. The van der Waals surface area contributed by atoms with Crippen molar-refractivity contribution in [1.82, 2.24) is 24.9 Å². The highest BCUT2D eigenvalue weighted by molar-refractivity contribution is 5.96. The summed E-state index contributed by atoms with van der Waals surface area (Å²) in [5.41, 5.74) is 3.51. The fraction of sp³-hybridized carbons (Fsp3) is 0.310. The lowest BCUT2D eigenvalue weighted by Gasteiger charge is -2.31. The van der Waals surface area contributed by atoms with E-state index in [0.29, 0.717) is 23.8 Å². The number of aliphatic hydroxyl groups is 1. The van der Waals surface area contributed by atoms with Crippen molar-refractivity contribution in [3.8, 4) is 11.4 Å². The van der Waals surface area contributed by atoms with E-state index in [9.17, 15) is 22.8 Å². The number of hydrogen-bond acceptors (Lipinski definition) is 9. The molecule has 1 aliphatic rings. The Hall–Kier alpha value is -4.53. The molecule has 11 nitrogen and oxygen atoms in total. The molecule has 2 aromatic heterocycles. The van der Waals surface area contributed by atoms with Gasteiger partial charge < -0.3 is 24.6 Å². The highest BCUT2D eigenvalue weighted by Crippen LogP contribution is 2.29. The van der Waals surface area contributed by atoms with Gasteiger partial charge >= 0.3 is 6.36 Å². The molecule has 3 N–H and O–H groups in total. The number of amides is 1. The maximum Gasteiger partial charge on any atom is 0.573 e. The van der Waals surface area contributed by atoms with E-state index in [1.54, 1.807) is 0 Å². The number of rotatable bonds is 9. The molecule has 5 rings (SSSR count). The Bertz CT molecular complexity index is 1640. The Morgan fingerprint density at radius 3 is 2.42 bits per heavy atom. The lowest BCUT2D eigenvalue weighted by atomic mass is 9.89. The predicted octanol–water partition coefficient (Wildman–Crippen LogP) is 3.89. The van der Waals surface area contributed by atoms with Gasteiger partial charge in [-0.1, -0.05) is 12.1 Å². The van der Waals surface area contributed by atoms with Gasteiger partial charge in [-0.2, -0.15) is 4.98 Å². The summed E-state index contributed by atoms with van der Waals surface area (Å²) in [6, 6.07) is 12.8. The largest absolute Gasteiger partial charge is 0.573 e. The minimum atomic E-state index is -4.86. The van der Waals surface area contributed by atoms with Gasteiger partial charge in [0.2, 0.25) is 11.4 Å². The average molecular weight is 599 g/mol. The van der Waals surface area contributed by atoms with Gasteiger partial charge in [0.15, 0.2) is 5.65 Å². The van der Waals surface area contributed by atoms with Crippen molar-refractivity contribution in [2.24, 2.45) is 0 Å². The number of aromatic nitrogens is 3. The van der Waals surface area contributed by atoms with Crippen LogP contribution in [0.4, 0.5) is 24.8 Å². The molecule has 2 aromatic carbocycles. The molecule has 0 bridgehead atoms. The highest BCUT2D eigenvalue weighted by Gasteiger charge is 2.31. The Morgan fingerprint density at radius 1 is 1.09 bits per heavy atom. The molecule has 0 unspecified atom stereocenters. The number of hydroxylamine groups is 1. The van der Waals surface area contributed by atoms with Crippen LogP contribution in [0.2, 0.25) is 0 Å². The van der Waals surface area contributed by atoms with Crippen LogP contribution in [0.1, 0.15) is 34.7 Å². The number of carbonyl (C=O) groups excluding carboxylic acids is 1. The molecule has 3 heterocycles. The van der Waals surface area contributed by atoms with Crippen LogP contribution in [0.25, 0.3) is 16.7 Å². The molecule has 0 spiro atoms. The highest BCUT2D eigenvalue weighted by atomic mass is 19.4. The number of pyridine rings is 1. The first kappa shape index (κ1) is 29.9. The third-order valence-corrected chi connectivity index (χ3v) is 7.17. The zero-order chi connectivity index (χ0) is 30.6. The van der Waals surface area contributed by atoms with Gasteiger partial charge in [-0.3, -0.25) is 14.4 Å². The average Bonchev–Trinajstić information content (AvgIpc) is 2.98. The Morgan fingerprint density at radius 2 is 1.79 bits per heavy atom. The Balaban J connectivity index is 1.44. The Labute approximate surface area is 243 Å². The number of nitrogens with one attached hydrogen (secondary N) is 2. The molecule has 0 radical (unpaired) electrons. The molecule has 1 amide bonds. The number of carbonyl (C=O) groups is 1. The molecule has 0 aliphatic carbocycles. The predicted molar refractivity (Wildman–Crippen MR) is 152 cm³/mol. The van der Waals surface area contributed by atoms with Crippen LogP contribution in [0.3, 0.4) is 0 Å². The minimum absolute atomic E-state index is 0.00723. The molecule has 0 saturated carbocycles. The van der Waals surface area contributed by atoms with E-state index in [-0.39, 0.29) is 29.2 Å². The number of hydrogen-bond donors (Lipinski definition) is 3. The number of halogens is 3. The number of nitrogens with zero attached hydrogens (tertiary/aromatic N) is 4. The molecule has 43 heavy (non-hydrogen) atoms. The van der Waals surface area contributed by atoms with Gasteiger partial charge in [-0.05, 0) is 73.8 Å². The van der Waals surface area contributed by atoms with Crippen LogP contribution >= 0.6 is 0 Å². The van der Waals surface area contributed by atoms with Gasteiger partial charge in [0.25, 0.3) is 5.91 Å². The van der Waals surface area contributed by atoms with E-state index in [4.69, 9.17) is 5.11 Å². The van der Waals surface area contributed by atoms with Crippen molar-refractivity contribution in [1.29, 1.82) is 0 Å². The number of ether oxygens (including phenoxy) is 1. The number of alkyl halides is 3. The van der Waals surface area contributed by atoms with Crippen molar-refractivity contribution < 1.29 is 32.6 Å². The Kier molecular flexibility index (Phi) is 8.89. The first-order chi connectivity index (χ1) is 20.6. The van der Waals surface area contributed by atoms with Crippen LogP contribution < -0.4 is 21.0 Å². The van der Waals surface area contributed by atoms with Crippen LogP contribution in [-0.2, 0) is 4.84 Å². The summed E-state index contributed by atoms with van der Waals surface area (Å²) in [4.78, 5) is 41.4. The first-order valence-corrected chi connectivity index (χ1v) is 13.5. The summed E-state index contributed by atoms with van der Waals surface area (Å²) in [5.74, 6) is -0.666. The fourth-order valence-corrected chi connectivity index (χ4v) is 5.08. The normalized spacial score (nSPS) is 14.5. The zero-order valence-corrected chi connectivity index (χ0v) is 23.1. The van der Waals surface area contributed by atoms with E-state index in [2.05, 4.69) is 35.2 Å². The third kappa shape index (κ3) is 7.10. The second-order valence-corrected chi connectivity index (χ2v) is 9.94. The van der Waals surface area contributed by atoms with Crippen LogP contribution in [-0.4, -0.2) is 70.2 Å². The number of likely N-dealkylation sites (tertiary alicyclic amines) is 1. The maximum absolute atomic E-state index is 13.2. The molecule has 14 heteroatoms. The third-order valence-electron chi connectivity index (χ3n) is 7.17. The van der Waals surface area contributed by atoms with E-state index in [1.807, 2.05) is 24.3 Å². The second kappa shape index (κ2) is 12.8. The van der Waals surface area contributed by atoms with Gasteiger partial charge in [0, 0.05) is 30.3 Å². The molecule has 0 atom stereocenters. The van der Waals surface area contributed by atoms with E-state index < -0.39 is 23.4 Å². The number of anilines is 2. The monoisotopic (exact) mass is 598 g/mol. The molecule has 226 valence electrons. The number of fused-ring (bicyclic) bond motifs is 1. The number of piperidine rings is 1. The summed E-state index contributed by atoms with van der Waals surface area (Å²) in [5, 5.41) is 12.3. The summed E-state index contributed by atoms with van der Waals surface area (Å²) in [7, 11) is 1.21. The molecular weight excluding hydrogens is 569 g/mol. The summed E-state index contributed by atoms with van der Waals surface area (Å²) < 4.78 is 43.3. The van der Waals surface area contributed by atoms with E-state index in [1.165, 1.54) is 41.8 Å². The quantitative estimate of drug-likeness (QED) is 0.246. The van der Waals surface area contributed by atoms with Crippen LogP contribution in [0.15, 0.2) is 65.7 Å². The van der Waals surface area contributed by atoms with Gasteiger partial charge in [0.05, 0.1) is 19.1 Å². The number of aliphatic hydroxyl groups excluding tert-OH is 1. The second-order valence-electron chi connectivity index (χ2n) is 9.94. The smallest absolute Gasteiger partial charge is 0.406 e. The summed E-state index contributed by atoms with van der Waals surface area (Å²) in [6.45, 7) is 2.72. The minimum Gasteiger partial charge on any atom is -0.406 e. The number of β-amino-alcohol motifs (C(OH)–C–C–N with tert-alkyl or cyclic N) is 1. The van der Waals surface area contributed by atoms with Crippen molar-refractivity contribution in [2.45, 2.75) is 25.1 Å².